The standard InChI is InChI=1S/C18H15N5O/c24-18(14-7-1-2-8-15(14)22-10-5-6-11-22)19-13-17-21-20-16-9-3-4-12-23(16)17/h1-12H,13H2,(H,19,24). The van der Waals surface area contributed by atoms with Crippen molar-refractivity contribution in [2.24, 2.45) is 0 Å². The lowest BCUT2D eigenvalue weighted by atomic mass is 10.1. The van der Waals surface area contributed by atoms with Gasteiger partial charge >= 0.3 is 0 Å². The monoisotopic (exact) mass is 317 g/mol. The molecule has 118 valence electrons. The Morgan fingerprint density at radius 2 is 1.67 bits per heavy atom. The van der Waals surface area contributed by atoms with Crippen molar-refractivity contribution in [3.8, 4) is 5.69 Å². The van der Waals surface area contributed by atoms with Crippen molar-refractivity contribution in [2.75, 3.05) is 0 Å². The molecule has 24 heavy (non-hydrogen) atoms. The van der Waals surface area contributed by atoms with Gasteiger partial charge in [0.05, 0.1) is 17.8 Å². The summed E-state index contributed by atoms with van der Waals surface area (Å²) in [6, 6.07) is 17.0. The second kappa shape index (κ2) is 6.00. The third kappa shape index (κ3) is 2.54. The number of para-hydroxylation sites is 1. The van der Waals surface area contributed by atoms with E-state index in [-0.39, 0.29) is 5.91 Å². The molecule has 6 nitrogen and oxygen atoms in total. The van der Waals surface area contributed by atoms with Crippen LogP contribution in [0.5, 0.6) is 0 Å². The minimum absolute atomic E-state index is 0.146. The molecular formula is C18H15N5O. The van der Waals surface area contributed by atoms with E-state index < -0.39 is 0 Å². The molecule has 3 aromatic heterocycles. The predicted octanol–water partition coefficient (Wildman–Crippen LogP) is 2.45. The Bertz CT molecular complexity index is 988. The highest BCUT2D eigenvalue weighted by molar-refractivity contribution is 5.97. The van der Waals surface area contributed by atoms with Crippen molar-refractivity contribution >= 4 is 11.6 Å². The molecule has 4 rings (SSSR count). The first-order chi connectivity index (χ1) is 11.8. The Kier molecular flexibility index (Phi) is 3.55. The maximum atomic E-state index is 12.6. The molecule has 0 aliphatic heterocycles. The Hall–Kier alpha value is -3.41. The number of benzene rings is 1. The number of rotatable bonds is 4. The van der Waals surface area contributed by atoms with E-state index in [0.29, 0.717) is 17.9 Å². The average Bonchev–Trinajstić information content (AvgIpc) is 3.30. The van der Waals surface area contributed by atoms with Crippen LogP contribution in [0.1, 0.15) is 16.2 Å². The molecule has 0 fully saturated rings. The number of hydrogen-bond acceptors (Lipinski definition) is 3. The fourth-order valence-electron chi connectivity index (χ4n) is 2.65. The van der Waals surface area contributed by atoms with Gasteiger partial charge in [0, 0.05) is 18.6 Å². The smallest absolute Gasteiger partial charge is 0.253 e. The maximum Gasteiger partial charge on any atom is 0.253 e. The van der Waals surface area contributed by atoms with Crippen molar-refractivity contribution in [1.29, 1.82) is 0 Å². The number of hydrogen-bond donors (Lipinski definition) is 1. The highest BCUT2D eigenvalue weighted by atomic mass is 16.1. The van der Waals surface area contributed by atoms with Crippen molar-refractivity contribution in [2.45, 2.75) is 6.54 Å². The van der Waals surface area contributed by atoms with E-state index in [9.17, 15) is 4.79 Å². The van der Waals surface area contributed by atoms with E-state index in [0.717, 1.165) is 11.3 Å². The second-order valence-electron chi connectivity index (χ2n) is 5.34. The molecule has 6 heteroatoms. The molecule has 0 aliphatic rings. The third-order valence-corrected chi connectivity index (χ3v) is 3.82. The zero-order chi connectivity index (χ0) is 16.4. The molecule has 0 saturated heterocycles. The van der Waals surface area contributed by atoms with Crippen LogP contribution in [0.4, 0.5) is 0 Å². The van der Waals surface area contributed by atoms with Gasteiger partial charge in [-0.25, -0.2) is 0 Å². The second-order valence-corrected chi connectivity index (χ2v) is 5.34. The van der Waals surface area contributed by atoms with Gasteiger partial charge in [0.25, 0.3) is 5.91 Å². The summed E-state index contributed by atoms with van der Waals surface area (Å²) in [6.07, 6.45) is 5.71. The summed E-state index contributed by atoms with van der Waals surface area (Å²) in [5.74, 6) is 0.546. The van der Waals surface area contributed by atoms with Gasteiger partial charge in [0.15, 0.2) is 11.5 Å². The number of carbonyl (C=O) groups is 1. The lowest BCUT2D eigenvalue weighted by molar-refractivity contribution is 0.0950. The Morgan fingerprint density at radius 3 is 2.54 bits per heavy atom. The summed E-state index contributed by atoms with van der Waals surface area (Å²) in [5.41, 5.74) is 2.21. The van der Waals surface area contributed by atoms with Crippen molar-refractivity contribution in [3.63, 3.8) is 0 Å². The summed E-state index contributed by atoms with van der Waals surface area (Å²) >= 11 is 0. The van der Waals surface area contributed by atoms with E-state index in [4.69, 9.17) is 0 Å². The van der Waals surface area contributed by atoms with Gasteiger partial charge < -0.3 is 9.88 Å². The van der Waals surface area contributed by atoms with Gasteiger partial charge in [-0.1, -0.05) is 18.2 Å². The SMILES string of the molecule is O=C(NCc1nnc2ccccn12)c1ccccc1-n1cccc1. The van der Waals surface area contributed by atoms with Crippen LogP contribution in [0, 0.1) is 0 Å². The van der Waals surface area contributed by atoms with Gasteiger partial charge in [-0.3, -0.25) is 9.20 Å². The number of pyridine rings is 1. The summed E-state index contributed by atoms with van der Waals surface area (Å²) in [4.78, 5) is 12.6. The summed E-state index contributed by atoms with van der Waals surface area (Å²) in [5, 5.41) is 11.1. The largest absolute Gasteiger partial charge is 0.345 e. The molecule has 3 heterocycles. The third-order valence-electron chi connectivity index (χ3n) is 3.82. The van der Waals surface area contributed by atoms with Gasteiger partial charge in [0.2, 0.25) is 0 Å². The minimum atomic E-state index is -0.146. The van der Waals surface area contributed by atoms with E-state index in [2.05, 4.69) is 15.5 Å². The highest BCUT2D eigenvalue weighted by Crippen LogP contribution is 2.14. The Labute approximate surface area is 138 Å². The van der Waals surface area contributed by atoms with Gasteiger partial charge in [-0.05, 0) is 36.4 Å². The molecule has 0 bridgehead atoms. The van der Waals surface area contributed by atoms with Gasteiger partial charge in [-0.2, -0.15) is 0 Å². The van der Waals surface area contributed by atoms with Gasteiger partial charge in [0.1, 0.15) is 0 Å². The summed E-state index contributed by atoms with van der Waals surface area (Å²) < 4.78 is 3.78. The van der Waals surface area contributed by atoms with Crippen molar-refractivity contribution in [1.82, 2.24) is 24.5 Å². The fourth-order valence-corrected chi connectivity index (χ4v) is 2.65. The number of nitrogens with one attached hydrogen (secondary N) is 1. The van der Waals surface area contributed by atoms with Crippen LogP contribution in [0.25, 0.3) is 11.3 Å². The molecule has 4 aromatic rings. The first kappa shape index (κ1) is 14.2. The maximum absolute atomic E-state index is 12.6. The van der Waals surface area contributed by atoms with Crippen LogP contribution in [-0.2, 0) is 6.54 Å². The lowest BCUT2D eigenvalue weighted by Crippen LogP contribution is -2.25. The lowest BCUT2D eigenvalue weighted by Gasteiger charge is -2.10. The molecule has 0 unspecified atom stereocenters. The first-order valence-electron chi connectivity index (χ1n) is 7.62. The summed E-state index contributed by atoms with van der Waals surface area (Å²) in [7, 11) is 0. The van der Waals surface area contributed by atoms with Crippen LogP contribution in [-0.4, -0.2) is 25.1 Å². The Balaban J connectivity index is 1.57. The molecule has 0 atom stereocenters. The number of nitrogens with zero attached hydrogens (tertiary/aromatic N) is 4. The van der Waals surface area contributed by atoms with Crippen molar-refractivity contribution in [3.05, 3.63) is 84.6 Å². The molecule has 0 radical (unpaired) electrons. The zero-order valence-corrected chi connectivity index (χ0v) is 12.8. The van der Waals surface area contributed by atoms with Crippen LogP contribution < -0.4 is 5.32 Å². The fraction of sp³-hybridized carbons (Fsp3) is 0.0556. The topological polar surface area (TPSA) is 64.2 Å². The van der Waals surface area contributed by atoms with E-state index in [1.807, 2.05) is 82.2 Å². The average molecular weight is 317 g/mol. The zero-order valence-electron chi connectivity index (χ0n) is 12.8. The number of amides is 1. The van der Waals surface area contributed by atoms with Crippen LogP contribution in [0.15, 0.2) is 73.2 Å². The highest BCUT2D eigenvalue weighted by Gasteiger charge is 2.13. The minimum Gasteiger partial charge on any atom is -0.345 e. The van der Waals surface area contributed by atoms with Crippen molar-refractivity contribution < 1.29 is 4.79 Å². The van der Waals surface area contributed by atoms with E-state index >= 15 is 0 Å². The number of carbonyl (C=O) groups excluding carboxylic acids is 1. The van der Waals surface area contributed by atoms with Crippen LogP contribution >= 0.6 is 0 Å². The Morgan fingerprint density at radius 1 is 0.917 bits per heavy atom. The first-order valence-corrected chi connectivity index (χ1v) is 7.62. The molecule has 1 amide bonds. The molecule has 0 aliphatic carbocycles. The van der Waals surface area contributed by atoms with Crippen LogP contribution in [0.2, 0.25) is 0 Å². The molecule has 0 saturated carbocycles. The number of fused-ring (bicyclic) bond motifs is 1. The van der Waals surface area contributed by atoms with Crippen LogP contribution in [0.3, 0.4) is 0 Å². The van der Waals surface area contributed by atoms with Gasteiger partial charge in [-0.15, -0.1) is 10.2 Å². The van der Waals surface area contributed by atoms with E-state index in [1.54, 1.807) is 0 Å². The van der Waals surface area contributed by atoms with E-state index in [1.165, 1.54) is 0 Å². The molecule has 0 spiro atoms. The normalized spacial score (nSPS) is 10.8. The summed E-state index contributed by atoms with van der Waals surface area (Å²) in [6.45, 7) is 0.310. The number of aromatic nitrogens is 4. The molecular weight excluding hydrogens is 302 g/mol. The molecule has 1 aromatic carbocycles. The molecule has 1 N–H and O–H groups in total. The predicted molar refractivity (Wildman–Crippen MR) is 89.9 cm³/mol. The quantitative estimate of drug-likeness (QED) is 0.629.